The van der Waals surface area contributed by atoms with Crippen LogP contribution in [0.15, 0.2) is 36.7 Å². The van der Waals surface area contributed by atoms with Gasteiger partial charge in [0.05, 0.1) is 10.7 Å². The third-order valence-electron chi connectivity index (χ3n) is 2.75. The second-order valence-electron chi connectivity index (χ2n) is 4.37. The van der Waals surface area contributed by atoms with E-state index in [1.165, 1.54) is 0 Å². The molecule has 1 heterocycles. The van der Waals surface area contributed by atoms with Gasteiger partial charge in [-0.1, -0.05) is 11.6 Å². The second kappa shape index (κ2) is 5.80. The van der Waals surface area contributed by atoms with Crippen LogP contribution in [0.1, 0.15) is 5.56 Å². The second-order valence-corrected chi connectivity index (χ2v) is 4.78. The van der Waals surface area contributed by atoms with Gasteiger partial charge in [-0.25, -0.2) is 0 Å². The summed E-state index contributed by atoms with van der Waals surface area (Å²) in [7, 11) is 3.93. The van der Waals surface area contributed by atoms with Crippen LogP contribution in [0.5, 0.6) is 5.75 Å². The molecule has 0 aliphatic rings. The molecule has 4 nitrogen and oxygen atoms in total. The highest BCUT2D eigenvalue weighted by Crippen LogP contribution is 2.28. The number of aromatic nitrogens is 1. The SMILES string of the molecule is CN(C)c1ccc(N)c(OCc2ccncc2Cl)c1. The fraction of sp³-hybridized carbons (Fsp3) is 0.214. The summed E-state index contributed by atoms with van der Waals surface area (Å²) in [5.74, 6) is 0.652. The predicted molar refractivity (Wildman–Crippen MR) is 78.8 cm³/mol. The van der Waals surface area contributed by atoms with Gasteiger partial charge in [-0.3, -0.25) is 4.98 Å². The molecule has 2 N–H and O–H groups in total. The molecule has 0 saturated carbocycles. The third-order valence-corrected chi connectivity index (χ3v) is 3.09. The van der Waals surface area contributed by atoms with Crippen molar-refractivity contribution in [3.05, 3.63) is 47.2 Å². The molecule has 19 heavy (non-hydrogen) atoms. The standard InChI is InChI=1S/C14H16ClN3O/c1-18(2)11-3-4-13(16)14(7-11)19-9-10-5-6-17-8-12(10)15/h3-8H,9,16H2,1-2H3. The molecule has 100 valence electrons. The minimum Gasteiger partial charge on any atom is -0.487 e. The smallest absolute Gasteiger partial charge is 0.144 e. The van der Waals surface area contributed by atoms with Crippen LogP contribution in [0.25, 0.3) is 0 Å². The molecule has 1 aromatic carbocycles. The van der Waals surface area contributed by atoms with Crippen LogP contribution in [0.3, 0.4) is 0 Å². The molecule has 5 heteroatoms. The molecule has 0 spiro atoms. The Morgan fingerprint density at radius 3 is 2.79 bits per heavy atom. The van der Waals surface area contributed by atoms with Crippen molar-refractivity contribution in [2.24, 2.45) is 0 Å². The van der Waals surface area contributed by atoms with E-state index < -0.39 is 0 Å². The number of nitrogens with zero attached hydrogens (tertiary/aromatic N) is 2. The lowest BCUT2D eigenvalue weighted by atomic mass is 10.2. The summed E-state index contributed by atoms with van der Waals surface area (Å²) in [6, 6.07) is 7.51. The summed E-state index contributed by atoms with van der Waals surface area (Å²) in [6.45, 7) is 0.364. The number of rotatable bonds is 4. The van der Waals surface area contributed by atoms with Crippen molar-refractivity contribution in [2.45, 2.75) is 6.61 Å². The largest absolute Gasteiger partial charge is 0.487 e. The van der Waals surface area contributed by atoms with Crippen LogP contribution in [0, 0.1) is 0 Å². The monoisotopic (exact) mass is 277 g/mol. The van der Waals surface area contributed by atoms with Crippen LogP contribution >= 0.6 is 11.6 Å². The molecule has 0 atom stereocenters. The number of ether oxygens (including phenoxy) is 1. The molecule has 0 aliphatic heterocycles. The van der Waals surface area contributed by atoms with Gasteiger partial charge in [0.15, 0.2) is 0 Å². The maximum atomic E-state index is 6.03. The zero-order chi connectivity index (χ0) is 13.8. The highest BCUT2D eigenvalue weighted by atomic mass is 35.5. The summed E-state index contributed by atoms with van der Waals surface area (Å²) in [5.41, 5.74) is 8.42. The Kier molecular flexibility index (Phi) is 4.12. The van der Waals surface area contributed by atoms with Crippen molar-refractivity contribution in [3.8, 4) is 5.75 Å². The average molecular weight is 278 g/mol. The van der Waals surface area contributed by atoms with Gasteiger partial charge in [-0.15, -0.1) is 0 Å². The maximum absolute atomic E-state index is 6.03. The lowest BCUT2D eigenvalue weighted by Crippen LogP contribution is -2.09. The Balaban J connectivity index is 2.15. The van der Waals surface area contributed by atoms with Gasteiger partial charge < -0.3 is 15.4 Å². The number of nitrogen functional groups attached to an aromatic ring is 1. The van der Waals surface area contributed by atoms with Crippen LogP contribution in [0.4, 0.5) is 11.4 Å². The lowest BCUT2D eigenvalue weighted by molar-refractivity contribution is 0.308. The molecule has 0 radical (unpaired) electrons. The van der Waals surface area contributed by atoms with E-state index in [-0.39, 0.29) is 0 Å². The van der Waals surface area contributed by atoms with Gasteiger partial charge >= 0.3 is 0 Å². The van der Waals surface area contributed by atoms with Crippen molar-refractivity contribution in [3.63, 3.8) is 0 Å². The molecular weight excluding hydrogens is 262 g/mol. The van der Waals surface area contributed by atoms with Crippen molar-refractivity contribution >= 4 is 23.0 Å². The van der Waals surface area contributed by atoms with Crippen molar-refractivity contribution < 1.29 is 4.74 Å². The topological polar surface area (TPSA) is 51.4 Å². The Labute approximate surface area is 117 Å². The molecule has 0 saturated heterocycles. The molecule has 2 rings (SSSR count). The van der Waals surface area contributed by atoms with Crippen LogP contribution in [-0.4, -0.2) is 19.1 Å². The first kappa shape index (κ1) is 13.5. The average Bonchev–Trinajstić information content (AvgIpc) is 2.39. The molecular formula is C14H16ClN3O. The van der Waals surface area contributed by atoms with Crippen molar-refractivity contribution in [1.82, 2.24) is 4.98 Å². The van der Waals surface area contributed by atoms with Crippen LogP contribution < -0.4 is 15.4 Å². The minimum absolute atomic E-state index is 0.364. The van der Waals surface area contributed by atoms with Gasteiger partial charge in [-0.05, 0) is 18.2 Å². The van der Waals surface area contributed by atoms with E-state index in [0.717, 1.165) is 11.3 Å². The van der Waals surface area contributed by atoms with Gasteiger partial charge in [0, 0.05) is 43.8 Å². The summed E-state index contributed by atoms with van der Waals surface area (Å²) in [6.07, 6.45) is 3.28. The van der Waals surface area contributed by atoms with Crippen LogP contribution in [-0.2, 0) is 6.61 Å². The number of hydrogen-bond acceptors (Lipinski definition) is 4. The fourth-order valence-electron chi connectivity index (χ4n) is 1.60. The Hall–Kier alpha value is -1.94. The Morgan fingerprint density at radius 1 is 1.32 bits per heavy atom. The zero-order valence-corrected chi connectivity index (χ0v) is 11.7. The summed E-state index contributed by atoms with van der Waals surface area (Å²) < 4.78 is 5.73. The van der Waals surface area contributed by atoms with E-state index in [2.05, 4.69) is 4.98 Å². The highest BCUT2D eigenvalue weighted by Gasteiger charge is 2.06. The fourth-order valence-corrected chi connectivity index (χ4v) is 1.78. The quantitative estimate of drug-likeness (QED) is 0.873. The molecule has 0 bridgehead atoms. The molecule has 0 amide bonds. The van der Waals surface area contributed by atoms with Crippen LogP contribution in [0.2, 0.25) is 5.02 Å². The first-order valence-corrected chi connectivity index (χ1v) is 6.24. The zero-order valence-electron chi connectivity index (χ0n) is 10.9. The molecule has 2 aromatic rings. The Morgan fingerprint density at radius 2 is 2.11 bits per heavy atom. The van der Waals surface area contributed by atoms with E-state index in [0.29, 0.717) is 23.1 Å². The number of pyridine rings is 1. The highest BCUT2D eigenvalue weighted by molar-refractivity contribution is 6.31. The molecule has 0 fully saturated rings. The van der Waals surface area contributed by atoms with Crippen molar-refractivity contribution in [2.75, 3.05) is 24.7 Å². The van der Waals surface area contributed by atoms with E-state index >= 15 is 0 Å². The molecule has 1 aromatic heterocycles. The van der Waals surface area contributed by atoms with E-state index in [4.69, 9.17) is 22.1 Å². The van der Waals surface area contributed by atoms with Gasteiger partial charge in [0.25, 0.3) is 0 Å². The number of nitrogens with two attached hydrogens (primary N) is 1. The minimum atomic E-state index is 0.364. The lowest BCUT2D eigenvalue weighted by Gasteiger charge is -2.16. The van der Waals surface area contributed by atoms with Gasteiger partial charge in [0.2, 0.25) is 0 Å². The van der Waals surface area contributed by atoms with Gasteiger partial charge in [-0.2, -0.15) is 0 Å². The van der Waals surface area contributed by atoms with E-state index in [9.17, 15) is 0 Å². The number of halogens is 1. The predicted octanol–water partition coefficient (Wildman–Crippen LogP) is 2.96. The number of benzene rings is 1. The summed E-state index contributed by atoms with van der Waals surface area (Å²) in [4.78, 5) is 5.93. The Bertz CT molecular complexity index is 572. The molecule has 0 aliphatic carbocycles. The van der Waals surface area contributed by atoms with E-state index in [1.807, 2.05) is 43.3 Å². The maximum Gasteiger partial charge on any atom is 0.144 e. The van der Waals surface area contributed by atoms with E-state index in [1.54, 1.807) is 12.4 Å². The van der Waals surface area contributed by atoms with Crippen molar-refractivity contribution in [1.29, 1.82) is 0 Å². The first-order chi connectivity index (χ1) is 9.08. The summed E-state index contributed by atoms with van der Waals surface area (Å²) >= 11 is 6.03. The number of anilines is 2. The molecule has 0 unspecified atom stereocenters. The van der Waals surface area contributed by atoms with Gasteiger partial charge in [0.1, 0.15) is 12.4 Å². The normalized spacial score (nSPS) is 10.3. The number of hydrogen-bond donors (Lipinski definition) is 1. The first-order valence-electron chi connectivity index (χ1n) is 5.86. The summed E-state index contributed by atoms with van der Waals surface area (Å²) in [5, 5.41) is 0.588. The third kappa shape index (κ3) is 3.29.